The van der Waals surface area contributed by atoms with Crippen molar-refractivity contribution in [2.75, 3.05) is 11.9 Å². The van der Waals surface area contributed by atoms with Gasteiger partial charge in [-0.2, -0.15) is 0 Å². The van der Waals surface area contributed by atoms with Gasteiger partial charge in [-0.3, -0.25) is 9.69 Å². The summed E-state index contributed by atoms with van der Waals surface area (Å²) in [6.45, 7) is 1.91. The van der Waals surface area contributed by atoms with Crippen LogP contribution in [0, 0.1) is 6.92 Å². The Kier molecular flexibility index (Phi) is 3.59. The predicted octanol–water partition coefficient (Wildman–Crippen LogP) is 3.49. The minimum absolute atomic E-state index is 0.0550. The van der Waals surface area contributed by atoms with Crippen molar-refractivity contribution in [2.45, 2.75) is 6.92 Å². The summed E-state index contributed by atoms with van der Waals surface area (Å²) in [4.78, 5) is 18.0. The van der Waals surface area contributed by atoms with E-state index in [0.29, 0.717) is 10.7 Å². The minimum Gasteiger partial charge on any atom is -0.287 e. The summed E-state index contributed by atoms with van der Waals surface area (Å²) in [6.07, 6.45) is 0. The van der Waals surface area contributed by atoms with Crippen molar-refractivity contribution in [2.24, 2.45) is 0 Å². The number of aryl methyl sites for hydroxylation is 1. The van der Waals surface area contributed by atoms with Gasteiger partial charge in [0, 0.05) is 22.5 Å². The maximum atomic E-state index is 12.2. The first kappa shape index (κ1) is 12.3. The van der Waals surface area contributed by atoms with Gasteiger partial charge in [0.2, 0.25) is 0 Å². The molecule has 0 aliphatic carbocycles. The fraction of sp³-hybridized carbons (Fsp3) is 0.167. The molecule has 1 aromatic heterocycles. The van der Waals surface area contributed by atoms with Crippen LogP contribution in [0.3, 0.4) is 0 Å². The average molecular weight is 311 g/mol. The van der Waals surface area contributed by atoms with Crippen molar-refractivity contribution in [1.29, 1.82) is 0 Å². The number of halogens is 1. The molecule has 0 aliphatic rings. The molecule has 88 valence electrons. The second-order valence-corrected chi connectivity index (χ2v) is 5.40. The highest BCUT2D eigenvalue weighted by Crippen LogP contribution is 2.21. The standard InChI is InChI=1S/C12H11BrN2OS/c1-8-7-17-12(14-8)15(2)11(16)9-4-3-5-10(13)6-9/h3-7H,1-2H3. The zero-order valence-electron chi connectivity index (χ0n) is 9.48. The molecular formula is C12H11BrN2OS. The number of thiazole rings is 1. The fourth-order valence-electron chi connectivity index (χ4n) is 1.40. The molecule has 1 aromatic carbocycles. The van der Waals surface area contributed by atoms with Crippen LogP contribution in [0.1, 0.15) is 16.1 Å². The van der Waals surface area contributed by atoms with Gasteiger partial charge < -0.3 is 0 Å². The summed E-state index contributed by atoms with van der Waals surface area (Å²) in [6, 6.07) is 7.34. The van der Waals surface area contributed by atoms with E-state index in [-0.39, 0.29) is 5.91 Å². The number of hydrogen-bond acceptors (Lipinski definition) is 3. The smallest absolute Gasteiger partial charge is 0.259 e. The third-order valence-corrected chi connectivity index (χ3v) is 3.80. The molecule has 2 aromatic rings. The van der Waals surface area contributed by atoms with Gasteiger partial charge in [0.25, 0.3) is 5.91 Å². The van der Waals surface area contributed by atoms with E-state index in [2.05, 4.69) is 20.9 Å². The van der Waals surface area contributed by atoms with Crippen molar-refractivity contribution in [1.82, 2.24) is 4.98 Å². The first-order chi connectivity index (χ1) is 8.08. The molecule has 0 saturated carbocycles. The van der Waals surface area contributed by atoms with Gasteiger partial charge in [-0.25, -0.2) is 4.98 Å². The van der Waals surface area contributed by atoms with Crippen molar-refractivity contribution in [3.63, 3.8) is 0 Å². The molecule has 5 heteroatoms. The van der Waals surface area contributed by atoms with Gasteiger partial charge in [0.1, 0.15) is 0 Å². The quantitative estimate of drug-likeness (QED) is 0.850. The largest absolute Gasteiger partial charge is 0.287 e. The molecule has 0 unspecified atom stereocenters. The van der Waals surface area contributed by atoms with Gasteiger partial charge >= 0.3 is 0 Å². The second kappa shape index (κ2) is 4.98. The highest BCUT2D eigenvalue weighted by molar-refractivity contribution is 9.10. The summed E-state index contributed by atoms with van der Waals surface area (Å²) in [5.41, 5.74) is 1.58. The molecule has 0 N–H and O–H groups in total. The monoisotopic (exact) mass is 310 g/mol. The Morgan fingerprint density at radius 3 is 2.82 bits per heavy atom. The van der Waals surface area contributed by atoms with Crippen LogP contribution < -0.4 is 4.90 Å². The minimum atomic E-state index is -0.0550. The van der Waals surface area contributed by atoms with E-state index in [1.54, 1.807) is 24.1 Å². The maximum Gasteiger partial charge on any atom is 0.259 e. The van der Waals surface area contributed by atoms with E-state index in [1.807, 2.05) is 24.4 Å². The Labute approximate surface area is 112 Å². The van der Waals surface area contributed by atoms with Crippen molar-refractivity contribution in [3.05, 3.63) is 45.4 Å². The molecule has 1 heterocycles. The van der Waals surface area contributed by atoms with Gasteiger partial charge in [0.05, 0.1) is 5.69 Å². The van der Waals surface area contributed by atoms with E-state index >= 15 is 0 Å². The lowest BCUT2D eigenvalue weighted by Gasteiger charge is -2.13. The first-order valence-electron chi connectivity index (χ1n) is 5.03. The van der Waals surface area contributed by atoms with Crippen LogP contribution in [0.2, 0.25) is 0 Å². The van der Waals surface area contributed by atoms with Crippen LogP contribution in [-0.2, 0) is 0 Å². The molecule has 0 aliphatic heterocycles. The Morgan fingerprint density at radius 2 is 2.24 bits per heavy atom. The first-order valence-corrected chi connectivity index (χ1v) is 6.71. The third kappa shape index (κ3) is 2.73. The van der Waals surface area contributed by atoms with Crippen molar-refractivity contribution >= 4 is 38.3 Å². The van der Waals surface area contributed by atoms with Gasteiger partial charge in [0.15, 0.2) is 5.13 Å². The zero-order chi connectivity index (χ0) is 12.4. The van der Waals surface area contributed by atoms with E-state index < -0.39 is 0 Å². The number of nitrogens with zero attached hydrogens (tertiary/aromatic N) is 2. The summed E-state index contributed by atoms with van der Waals surface area (Å²) < 4.78 is 0.895. The topological polar surface area (TPSA) is 33.2 Å². The Hall–Kier alpha value is -1.20. The molecule has 0 saturated heterocycles. The third-order valence-electron chi connectivity index (χ3n) is 2.27. The normalized spacial score (nSPS) is 10.3. The molecule has 3 nitrogen and oxygen atoms in total. The van der Waals surface area contributed by atoms with E-state index in [4.69, 9.17) is 0 Å². The number of rotatable bonds is 2. The van der Waals surface area contributed by atoms with Gasteiger partial charge in [-0.1, -0.05) is 22.0 Å². The lowest BCUT2D eigenvalue weighted by Crippen LogP contribution is -2.26. The molecule has 0 fully saturated rings. The highest BCUT2D eigenvalue weighted by Gasteiger charge is 2.15. The number of anilines is 1. The number of carbonyl (C=O) groups excluding carboxylic acids is 1. The summed E-state index contributed by atoms with van der Waals surface area (Å²) in [5, 5.41) is 2.65. The van der Waals surface area contributed by atoms with Crippen LogP contribution in [0.4, 0.5) is 5.13 Å². The van der Waals surface area contributed by atoms with E-state index in [0.717, 1.165) is 10.2 Å². The summed E-state index contributed by atoms with van der Waals surface area (Å²) >= 11 is 4.82. The maximum absolute atomic E-state index is 12.2. The zero-order valence-corrected chi connectivity index (χ0v) is 11.9. The van der Waals surface area contributed by atoms with Crippen molar-refractivity contribution < 1.29 is 4.79 Å². The molecular weight excluding hydrogens is 300 g/mol. The second-order valence-electron chi connectivity index (χ2n) is 3.65. The van der Waals surface area contributed by atoms with Gasteiger partial charge in [-0.05, 0) is 25.1 Å². The molecule has 0 bridgehead atoms. The SMILES string of the molecule is Cc1csc(N(C)C(=O)c2cccc(Br)c2)n1. The fourth-order valence-corrected chi connectivity index (χ4v) is 2.56. The number of benzene rings is 1. The van der Waals surface area contributed by atoms with E-state index in [1.165, 1.54) is 11.3 Å². The molecule has 0 spiro atoms. The molecule has 0 radical (unpaired) electrons. The lowest BCUT2D eigenvalue weighted by molar-refractivity contribution is 0.0993. The van der Waals surface area contributed by atoms with Crippen LogP contribution in [0.5, 0.6) is 0 Å². The Bertz CT molecular complexity index is 553. The average Bonchev–Trinajstić information content (AvgIpc) is 2.74. The number of amides is 1. The summed E-state index contributed by atoms with van der Waals surface area (Å²) in [7, 11) is 1.74. The molecule has 0 atom stereocenters. The molecule has 2 rings (SSSR count). The van der Waals surface area contributed by atoms with E-state index in [9.17, 15) is 4.79 Å². The Morgan fingerprint density at radius 1 is 1.47 bits per heavy atom. The lowest BCUT2D eigenvalue weighted by atomic mass is 10.2. The van der Waals surface area contributed by atoms with Crippen LogP contribution in [-0.4, -0.2) is 17.9 Å². The molecule has 17 heavy (non-hydrogen) atoms. The van der Waals surface area contributed by atoms with Crippen LogP contribution >= 0.6 is 27.3 Å². The Balaban J connectivity index is 2.26. The van der Waals surface area contributed by atoms with Crippen LogP contribution in [0.25, 0.3) is 0 Å². The van der Waals surface area contributed by atoms with Crippen molar-refractivity contribution in [3.8, 4) is 0 Å². The molecule has 1 amide bonds. The highest BCUT2D eigenvalue weighted by atomic mass is 79.9. The van der Waals surface area contributed by atoms with Gasteiger partial charge in [-0.15, -0.1) is 11.3 Å². The summed E-state index contributed by atoms with van der Waals surface area (Å²) in [5.74, 6) is -0.0550. The number of carbonyl (C=O) groups is 1. The number of hydrogen-bond donors (Lipinski definition) is 0. The predicted molar refractivity (Wildman–Crippen MR) is 73.7 cm³/mol. The van der Waals surface area contributed by atoms with Crippen LogP contribution in [0.15, 0.2) is 34.1 Å². The number of aromatic nitrogens is 1.